The van der Waals surface area contributed by atoms with Crippen molar-refractivity contribution in [2.75, 3.05) is 5.32 Å². The van der Waals surface area contributed by atoms with Crippen LogP contribution >= 0.6 is 0 Å². The van der Waals surface area contributed by atoms with Crippen molar-refractivity contribution in [2.24, 2.45) is 0 Å². The molecule has 0 bridgehead atoms. The molecule has 3 rings (SSSR count). The Morgan fingerprint density at radius 2 is 1.65 bits per heavy atom. The lowest BCUT2D eigenvalue weighted by Gasteiger charge is -2.07. The fourth-order valence-electron chi connectivity index (χ4n) is 2.59. The highest BCUT2D eigenvalue weighted by Gasteiger charge is 2.17. The highest BCUT2D eigenvalue weighted by molar-refractivity contribution is 6.03. The van der Waals surface area contributed by atoms with Gasteiger partial charge in [0, 0.05) is 5.69 Å². The van der Waals surface area contributed by atoms with E-state index in [2.05, 4.69) is 21.7 Å². The quantitative estimate of drug-likeness (QED) is 0.806. The molecule has 1 N–H and O–H groups in total. The Morgan fingerprint density at radius 3 is 2.30 bits per heavy atom. The van der Waals surface area contributed by atoms with Crippen molar-refractivity contribution in [1.82, 2.24) is 15.0 Å². The maximum atomic E-state index is 12.5. The van der Waals surface area contributed by atoms with E-state index in [0.29, 0.717) is 11.4 Å². The molecule has 0 atom stereocenters. The summed E-state index contributed by atoms with van der Waals surface area (Å²) in [5.41, 5.74) is 4.88. The number of aromatic nitrogens is 3. The monoisotopic (exact) mass is 306 g/mol. The Hall–Kier alpha value is -2.95. The lowest BCUT2D eigenvalue weighted by Crippen LogP contribution is -2.14. The molecule has 1 amide bonds. The summed E-state index contributed by atoms with van der Waals surface area (Å²) in [6.45, 7) is 5.84. The number of amides is 1. The number of carbonyl (C=O) groups excluding carboxylic acids is 1. The zero-order valence-corrected chi connectivity index (χ0v) is 13.4. The van der Waals surface area contributed by atoms with E-state index in [1.807, 2.05) is 63.2 Å². The summed E-state index contributed by atoms with van der Waals surface area (Å²) in [7, 11) is 0. The van der Waals surface area contributed by atoms with E-state index in [-0.39, 0.29) is 5.91 Å². The Kier molecular flexibility index (Phi) is 3.93. The van der Waals surface area contributed by atoms with Crippen LogP contribution in [0.4, 0.5) is 5.69 Å². The number of nitrogens with one attached hydrogen (secondary N) is 1. The van der Waals surface area contributed by atoms with Crippen LogP contribution in [0.25, 0.3) is 5.69 Å². The van der Waals surface area contributed by atoms with Gasteiger partial charge in [-0.1, -0.05) is 29.5 Å². The molecule has 0 spiro atoms. The van der Waals surface area contributed by atoms with E-state index in [9.17, 15) is 4.79 Å². The predicted molar refractivity (Wildman–Crippen MR) is 90.0 cm³/mol. The number of hydrogen-bond donors (Lipinski definition) is 1. The van der Waals surface area contributed by atoms with Crippen molar-refractivity contribution < 1.29 is 4.79 Å². The average Bonchev–Trinajstić information content (AvgIpc) is 2.89. The van der Waals surface area contributed by atoms with Crippen LogP contribution in [0.5, 0.6) is 0 Å². The molecule has 0 unspecified atom stereocenters. The summed E-state index contributed by atoms with van der Waals surface area (Å²) in [5, 5.41) is 11.0. The zero-order chi connectivity index (χ0) is 16.4. The van der Waals surface area contributed by atoms with Gasteiger partial charge in [-0.3, -0.25) is 4.79 Å². The van der Waals surface area contributed by atoms with Crippen LogP contribution in [0, 0.1) is 20.8 Å². The second kappa shape index (κ2) is 6.04. The standard InChI is InChI=1S/C18H18N4O/c1-12-9-13(2)11-15(10-12)19-18(23)17-14(3)22(21-20-17)16-7-5-4-6-8-16/h4-11H,1-3H3,(H,19,23). The van der Waals surface area contributed by atoms with Gasteiger partial charge < -0.3 is 5.32 Å². The van der Waals surface area contributed by atoms with Crippen LogP contribution in [0.2, 0.25) is 0 Å². The fraction of sp³-hybridized carbons (Fsp3) is 0.167. The molecule has 1 heterocycles. The number of anilines is 1. The highest BCUT2D eigenvalue weighted by Crippen LogP contribution is 2.16. The summed E-state index contributed by atoms with van der Waals surface area (Å²) in [5.74, 6) is -0.255. The molecule has 2 aromatic carbocycles. The number of nitrogens with zero attached hydrogens (tertiary/aromatic N) is 3. The van der Waals surface area contributed by atoms with Gasteiger partial charge in [-0.05, 0) is 56.2 Å². The van der Waals surface area contributed by atoms with Crippen LogP contribution in [0.3, 0.4) is 0 Å². The molecule has 1 aromatic heterocycles. The maximum absolute atomic E-state index is 12.5. The number of para-hydroxylation sites is 1. The van der Waals surface area contributed by atoms with Gasteiger partial charge in [0.15, 0.2) is 5.69 Å². The first-order valence-corrected chi connectivity index (χ1v) is 7.42. The minimum Gasteiger partial charge on any atom is -0.321 e. The summed E-state index contributed by atoms with van der Waals surface area (Å²) in [6.07, 6.45) is 0. The molecule has 0 fully saturated rings. The maximum Gasteiger partial charge on any atom is 0.278 e. The predicted octanol–water partition coefficient (Wildman–Crippen LogP) is 3.44. The van der Waals surface area contributed by atoms with E-state index < -0.39 is 0 Å². The molecular formula is C18H18N4O. The molecule has 23 heavy (non-hydrogen) atoms. The molecule has 0 saturated heterocycles. The number of hydrogen-bond acceptors (Lipinski definition) is 3. The van der Waals surface area contributed by atoms with Gasteiger partial charge >= 0.3 is 0 Å². The van der Waals surface area contributed by atoms with E-state index in [0.717, 1.165) is 22.5 Å². The van der Waals surface area contributed by atoms with Crippen molar-refractivity contribution in [2.45, 2.75) is 20.8 Å². The molecule has 0 aliphatic carbocycles. The zero-order valence-electron chi connectivity index (χ0n) is 13.4. The first-order valence-electron chi connectivity index (χ1n) is 7.42. The second-order valence-corrected chi connectivity index (χ2v) is 5.60. The van der Waals surface area contributed by atoms with Crippen molar-refractivity contribution in [3.8, 4) is 5.69 Å². The molecule has 0 saturated carbocycles. The van der Waals surface area contributed by atoms with E-state index in [1.54, 1.807) is 4.68 Å². The van der Waals surface area contributed by atoms with Crippen LogP contribution < -0.4 is 5.32 Å². The topological polar surface area (TPSA) is 59.8 Å². The van der Waals surface area contributed by atoms with Gasteiger partial charge in [0.05, 0.1) is 11.4 Å². The first kappa shape index (κ1) is 15.0. The van der Waals surface area contributed by atoms with Crippen molar-refractivity contribution in [3.63, 3.8) is 0 Å². The molecule has 0 aliphatic heterocycles. The summed E-state index contributed by atoms with van der Waals surface area (Å²) < 4.78 is 1.66. The minimum atomic E-state index is -0.255. The molecule has 0 aliphatic rings. The molecule has 5 nitrogen and oxygen atoms in total. The van der Waals surface area contributed by atoms with Crippen LogP contribution in [0.1, 0.15) is 27.3 Å². The summed E-state index contributed by atoms with van der Waals surface area (Å²) >= 11 is 0. The van der Waals surface area contributed by atoms with Gasteiger partial charge in [-0.25, -0.2) is 4.68 Å². The summed E-state index contributed by atoms with van der Waals surface area (Å²) in [4.78, 5) is 12.5. The van der Waals surface area contributed by atoms with Crippen LogP contribution in [0.15, 0.2) is 48.5 Å². The van der Waals surface area contributed by atoms with Crippen LogP contribution in [-0.4, -0.2) is 20.9 Å². The highest BCUT2D eigenvalue weighted by atomic mass is 16.2. The van der Waals surface area contributed by atoms with Gasteiger partial charge in [0.1, 0.15) is 0 Å². The van der Waals surface area contributed by atoms with E-state index >= 15 is 0 Å². The smallest absolute Gasteiger partial charge is 0.278 e. The number of aryl methyl sites for hydroxylation is 2. The first-order chi connectivity index (χ1) is 11.0. The second-order valence-electron chi connectivity index (χ2n) is 5.60. The Bertz CT molecular complexity index is 832. The lowest BCUT2D eigenvalue weighted by molar-refractivity contribution is 0.102. The van der Waals surface area contributed by atoms with E-state index in [1.165, 1.54) is 0 Å². The molecular weight excluding hydrogens is 288 g/mol. The van der Waals surface area contributed by atoms with Gasteiger partial charge in [-0.2, -0.15) is 0 Å². The molecule has 116 valence electrons. The Balaban J connectivity index is 1.87. The minimum absolute atomic E-state index is 0.255. The van der Waals surface area contributed by atoms with Crippen LogP contribution in [-0.2, 0) is 0 Å². The van der Waals surface area contributed by atoms with Gasteiger partial charge in [0.2, 0.25) is 0 Å². The number of carbonyl (C=O) groups is 1. The normalized spacial score (nSPS) is 10.6. The lowest BCUT2D eigenvalue weighted by atomic mass is 10.1. The van der Waals surface area contributed by atoms with Gasteiger partial charge in [0.25, 0.3) is 5.91 Å². The Labute approximate surface area is 135 Å². The molecule has 0 radical (unpaired) electrons. The largest absolute Gasteiger partial charge is 0.321 e. The van der Waals surface area contributed by atoms with Crippen molar-refractivity contribution in [3.05, 3.63) is 71.0 Å². The molecule has 5 heteroatoms. The van der Waals surface area contributed by atoms with Crippen molar-refractivity contribution in [1.29, 1.82) is 0 Å². The van der Waals surface area contributed by atoms with Crippen molar-refractivity contribution >= 4 is 11.6 Å². The Morgan fingerprint density at radius 1 is 1.00 bits per heavy atom. The van der Waals surface area contributed by atoms with E-state index in [4.69, 9.17) is 0 Å². The fourth-order valence-corrected chi connectivity index (χ4v) is 2.59. The summed E-state index contributed by atoms with van der Waals surface area (Å²) in [6, 6.07) is 15.6. The number of benzene rings is 2. The third-order valence-electron chi connectivity index (χ3n) is 3.59. The third kappa shape index (κ3) is 3.13. The SMILES string of the molecule is Cc1cc(C)cc(NC(=O)c2nnn(-c3ccccc3)c2C)c1. The van der Waals surface area contributed by atoms with Gasteiger partial charge in [-0.15, -0.1) is 5.10 Å². The number of rotatable bonds is 3. The third-order valence-corrected chi connectivity index (χ3v) is 3.59. The molecule has 3 aromatic rings. The average molecular weight is 306 g/mol.